The number of benzene rings is 3. The molecule has 1 saturated carbocycles. The second-order valence-corrected chi connectivity index (χ2v) is 14.3. The number of esters is 1. The van der Waals surface area contributed by atoms with Gasteiger partial charge in [-0.15, -0.1) is 11.6 Å². The van der Waals surface area contributed by atoms with Gasteiger partial charge in [0.25, 0.3) is 0 Å². The van der Waals surface area contributed by atoms with Crippen LogP contribution in [-0.2, 0) is 14.3 Å². The second-order valence-electron chi connectivity index (χ2n) is 11.5. The van der Waals surface area contributed by atoms with Gasteiger partial charge in [-0.1, -0.05) is 62.2 Å². The number of aryl methyl sites for hydroxylation is 1. The predicted octanol–water partition coefficient (Wildman–Crippen LogP) is 7.81. The Bertz CT molecular complexity index is 1820. The number of alkyl halides is 3. The topological polar surface area (TPSA) is 93.6 Å². The minimum atomic E-state index is -1.18. The summed E-state index contributed by atoms with van der Waals surface area (Å²) in [5, 5.41) is 0.551. The summed E-state index contributed by atoms with van der Waals surface area (Å²) in [5.41, 5.74) is 3.42. The number of nitrogens with zero attached hydrogens (tertiary/aromatic N) is 2. The van der Waals surface area contributed by atoms with Crippen LogP contribution in [0.3, 0.4) is 0 Å². The number of halogens is 4. The third kappa shape index (κ3) is 6.14. The number of ether oxygens (including phenoxy) is 1. The zero-order chi connectivity index (χ0) is 32.7. The van der Waals surface area contributed by atoms with E-state index in [-0.39, 0.29) is 56.7 Å². The summed E-state index contributed by atoms with van der Waals surface area (Å²) in [6, 6.07) is 19.0. The second kappa shape index (κ2) is 13.3. The number of aromatic nitrogens is 1. The van der Waals surface area contributed by atoms with E-state index in [9.17, 15) is 23.6 Å². The SMILES string of the molecule is Cc1cccc2c(C(=O)OC(CCCl)C(=O)c3ccc(F)cc3)cc(-c3ccc(N4C(=O)C5CC(Br)C(Br)CC5C4=O)cc3)nc12. The van der Waals surface area contributed by atoms with Gasteiger partial charge < -0.3 is 4.74 Å². The van der Waals surface area contributed by atoms with Crippen LogP contribution in [0.5, 0.6) is 0 Å². The Morgan fingerprint density at radius 2 is 1.61 bits per heavy atom. The van der Waals surface area contributed by atoms with Crippen LogP contribution in [0, 0.1) is 24.6 Å². The smallest absolute Gasteiger partial charge is 0.339 e. The Labute approximate surface area is 286 Å². The van der Waals surface area contributed by atoms with Crippen LogP contribution in [0.15, 0.2) is 72.8 Å². The number of carbonyl (C=O) groups is 4. The average molecular weight is 771 g/mol. The summed E-state index contributed by atoms with van der Waals surface area (Å²) in [5.74, 6) is -2.75. The molecular weight excluding hydrogens is 743 g/mol. The van der Waals surface area contributed by atoms with Crippen molar-refractivity contribution in [1.82, 2.24) is 4.98 Å². The molecule has 3 aromatic carbocycles. The third-order valence-electron chi connectivity index (χ3n) is 8.64. The van der Waals surface area contributed by atoms with E-state index in [0.717, 1.165) is 5.56 Å². The van der Waals surface area contributed by atoms with Crippen LogP contribution in [0.2, 0.25) is 0 Å². The van der Waals surface area contributed by atoms with Crippen LogP contribution in [0.4, 0.5) is 10.1 Å². The van der Waals surface area contributed by atoms with Crippen molar-refractivity contribution in [1.29, 1.82) is 0 Å². The first-order chi connectivity index (χ1) is 22.1. The van der Waals surface area contributed by atoms with Gasteiger partial charge in [0.05, 0.1) is 34.3 Å². The number of pyridine rings is 1. The third-order valence-corrected chi connectivity index (χ3v) is 11.6. The van der Waals surface area contributed by atoms with E-state index >= 15 is 0 Å². The lowest BCUT2D eigenvalue weighted by molar-refractivity contribution is -0.122. The molecule has 1 aromatic heterocycles. The van der Waals surface area contributed by atoms with E-state index in [0.29, 0.717) is 40.7 Å². The minimum Gasteiger partial charge on any atom is -0.450 e. The number of amides is 2. The quantitative estimate of drug-likeness (QED) is 0.0786. The van der Waals surface area contributed by atoms with E-state index in [1.807, 2.05) is 19.1 Å². The Morgan fingerprint density at radius 1 is 0.978 bits per heavy atom. The summed E-state index contributed by atoms with van der Waals surface area (Å²) in [6.07, 6.45) is 0.0628. The van der Waals surface area contributed by atoms with Gasteiger partial charge in [-0.05, 0) is 67.8 Å². The summed E-state index contributed by atoms with van der Waals surface area (Å²) in [7, 11) is 0. The molecular formula is C35H28Br2ClFN2O5. The largest absolute Gasteiger partial charge is 0.450 e. The van der Waals surface area contributed by atoms with Crippen LogP contribution >= 0.6 is 43.5 Å². The highest BCUT2D eigenvalue weighted by atomic mass is 79.9. The zero-order valence-electron chi connectivity index (χ0n) is 24.6. The first kappa shape index (κ1) is 32.5. The fourth-order valence-electron chi connectivity index (χ4n) is 6.17. The number of para-hydroxylation sites is 1. The predicted molar refractivity (Wildman–Crippen MR) is 181 cm³/mol. The Hall–Kier alpha value is -3.47. The number of imide groups is 1. The van der Waals surface area contributed by atoms with E-state index < -0.39 is 23.7 Å². The van der Waals surface area contributed by atoms with Gasteiger partial charge in [-0.2, -0.15) is 0 Å². The molecule has 1 aliphatic heterocycles. The molecule has 0 spiro atoms. The first-order valence-corrected chi connectivity index (χ1v) is 17.2. The van der Waals surface area contributed by atoms with Crippen LogP contribution < -0.4 is 4.90 Å². The van der Waals surface area contributed by atoms with Crippen molar-refractivity contribution in [2.45, 2.75) is 41.9 Å². The van der Waals surface area contributed by atoms with Crippen LogP contribution in [0.25, 0.3) is 22.2 Å². The van der Waals surface area contributed by atoms with Gasteiger partial charge in [0.1, 0.15) is 5.82 Å². The van der Waals surface area contributed by atoms with Crippen LogP contribution in [0.1, 0.15) is 45.5 Å². The van der Waals surface area contributed by atoms with E-state index in [1.165, 1.54) is 29.2 Å². The Morgan fingerprint density at radius 3 is 2.22 bits per heavy atom. The molecule has 4 aromatic rings. The normalized spacial score (nSPS) is 21.7. The lowest BCUT2D eigenvalue weighted by Crippen LogP contribution is -2.34. The number of fused-ring (bicyclic) bond motifs is 2. The fraction of sp³-hybridized carbons (Fsp3) is 0.286. The highest BCUT2D eigenvalue weighted by Crippen LogP contribution is 2.44. The maximum atomic E-state index is 13.7. The molecule has 5 atom stereocenters. The summed E-state index contributed by atoms with van der Waals surface area (Å²) < 4.78 is 19.2. The molecule has 0 radical (unpaired) electrons. The molecule has 2 heterocycles. The zero-order valence-corrected chi connectivity index (χ0v) is 28.5. The fourth-order valence-corrected chi connectivity index (χ4v) is 7.61. The maximum Gasteiger partial charge on any atom is 0.339 e. The van der Waals surface area contributed by atoms with E-state index in [1.54, 1.807) is 36.4 Å². The van der Waals surface area contributed by atoms with Crippen molar-refractivity contribution in [3.05, 3.63) is 95.3 Å². The van der Waals surface area contributed by atoms with Crippen molar-refractivity contribution in [2.75, 3.05) is 10.8 Å². The number of Topliss-reactive ketones (excluding diaryl/α,β-unsaturated/α-hetero) is 1. The van der Waals surface area contributed by atoms with Crippen LogP contribution in [-0.4, -0.2) is 50.2 Å². The lowest BCUT2D eigenvalue weighted by Gasteiger charge is -2.29. The molecule has 2 amide bonds. The summed E-state index contributed by atoms with van der Waals surface area (Å²) in [6.45, 7) is 1.88. The van der Waals surface area contributed by atoms with Crippen molar-refractivity contribution >= 4 is 83.6 Å². The van der Waals surface area contributed by atoms with Gasteiger partial charge in [0.15, 0.2) is 6.10 Å². The molecule has 6 rings (SSSR count). The van der Waals surface area contributed by atoms with E-state index in [4.69, 9.17) is 21.3 Å². The number of ketones is 1. The molecule has 46 heavy (non-hydrogen) atoms. The minimum absolute atomic E-state index is 0.0651. The molecule has 1 saturated heterocycles. The molecule has 0 bridgehead atoms. The van der Waals surface area contributed by atoms with Gasteiger partial charge in [-0.25, -0.2) is 14.2 Å². The van der Waals surface area contributed by atoms with Gasteiger partial charge in [-0.3, -0.25) is 19.3 Å². The number of rotatable bonds is 8. The molecule has 1 aliphatic carbocycles. The standard InChI is InChI=1S/C35H28Br2ClFN2O5/c1-18-3-2-4-23-26(35(45)46-30(13-14-38)32(42)20-5-9-21(39)10-6-20)17-29(40-31(18)23)19-7-11-22(12-8-19)41-33(43)24-15-27(36)28(37)16-25(24)34(41)44/h2-12,17,24-25,27-28,30H,13-16H2,1H3. The summed E-state index contributed by atoms with van der Waals surface area (Å²) >= 11 is 13.2. The Kier molecular flexibility index (Phi) is 9.41. The highest BCUT2D eigenvalue weighted by Gasteiger charge is 2.52. The number of hydrogen-bond donors (Lipinski definition) is 0. The van der Waals surface area contributed by atoms with Gasteiger partial charge in [0, 0.05) is 38.5 Å². The molecule has 2 aliphatic rings. The van der Waals surface area contributed by atoms with Crippen molar-refractivity contribution in [2.24, 2.45) is 11.8 Å². The molecule has 0 N–H and O–H groups in total. The molecule has 7 nitrogen and oxygen atoms in total. The Balaban J connectivity index is 1.31. The summed E-state index contributed by atoms with van der Waals surface area (Å²) in [4.78, 5) is 59.9. The lowest BCUT2D eigenvalue weighted by atomic mass is 9.81. The van der Waals surface area contributed by atoms with Crippen molar-refractivity contribution in [3.63, 3.8) is 0 Å². The van der Waals surface area contributed by atoms with Gasteiger partial charge >= 0.3 is 5.97 Å². The number of carbonyl (C=O) groups excluding carboxylic acids is 4. The maximum absolute atomic E-state index is 13.7. The first-order valence-electron chi connectivity index (χ1n) is 14.8. The molecule has 11 heteroatoms. The van der Waals surface area contributed by atoms with E-state index in [2.05, 4.69) is 31.9 Å². The number of hydrogen-bond acceptors (Lipinski definition) is 6. The monoisotopic (exact) mass is 768 g/mol. The number of anilines is 1. The van der Waals surface area contributed by atoms with Crippen molar-refractivity contribution < 1.29 is 28.3 Å². The van der Waals surface area contributed by atoms with Crippen molar-refractivity contribution in [3.8, 4) is 11.3 Å². The highest BCUT2D eigenvalue weighted by molar-refractivity contribution is 9.12. The molecule has 2 fully saturated rings. The molecule has 236 valence electrons. The molecule has 5 unspecified atom stereocenters. The average Bonchev–Trinajstić information content (AvgIpc) is 3.28. The van der Waals surface area contributed by atoms with Gasteiger partial charge in [0.2, 0.25) is 17.6 Å².